The van der Waals surface area contributed by atoms with Crippen molar-refractivity contribution in [3.05, 3.63) is 59.7 Å². The average molecular weight is 458 g/mol. The van der Waals surface area contributed by atoms with Crippen LogP contribution in [0.15, 0.2) is 69.0 Å². The summed E-state index contributed by atoms with van der Waals surface area (Å²) < 4.78 is 18.3. The molecular formula is C21H22N4O8. The number of azo groups is 2. The molecule has 0 unspecified atom stereocenters. The second kappa shape index (κ2) is 14.5. The molecule has 0 bridgehead atoms. The van der Waals surface area contributed by atoms with Crippen molar-refractivity contribution in [2.75, 3.05) is 13.7 Å². The number of benzene rings is 2. The zero-order valence-corrected chi connectivity index (χ0v) is 18.4. The molecule has 2 aromatic rings. The van der Waals surface area contributed by atoms with Gasteiger partial charge >= 0.3 is 24.4 Å². The number of nitrogens with zero attached hydrogens (tertiary/aromatic N) is 4. The maximum atomic E-state index is 11.2. The van der Waals surface area contributed by atoms with E-state index in [1.165, 1.54) is 0 Å². The average Bonchev–Trinajstić information content (AvgIpc) is 2.80. The molecule has 0 N–H and O–H groups in total. The number of carbonyl (C=O) groups is 4. The van der Waals surface area contributed by atoms with Gasteiger partial charge in [0.1, 0.15) is 11.5 Å². The molecule has 0 heterocycles. The lowest BCUT2D eigenvalue weighted by Crippen LogP contribution is -2.04. The largest absolute Gasteiger partial charge is 0.458 e. The summed E-state index contributed by atoms with van der Waals surface area (Å²) in [5.74, 6) is 0.747. The maximum Gasteiger partial charge on any atom is 0.458 e. The normalized spacial score (nSPS) is 10.2. The lowest BCUT2D eigenvalue weighted by molar-refractivity contribution is 0.160. The first kappa shape index (κ1) is 26.6. The van der Waals surface area contributed by atoms with Crippen molar-refractivity contribution in [1.29, 1.82) is 0 Å². The molecule has 0 aliphatic heterocycles. The molecule has 0 fully saturated rings. The fourth-order valence-corrected chi connectivity index (χ4v) is 1.93. The van der Waals surface area contributed by atoms with Gasteiger partial charge in [0, 0.05) is 0 Å². The Labute approximate surface area is 189 Å². The molecule has 12 heteroatoms. The summed E-state index contributed by atoms with van der Waals surface area (Å²) in [6, 6.07) is 13.8. The second-order valence-corrected chi connectivity index (χ2v) is 5.84. The Morgan fingerprint density at radius 1 is 0.667 bits per heavy atom. The van der Waals surface area contributed by atoms with Gasteiger partial charge in [-0.25, -0.2) is 19.2 Å². The second-order valence-electron chi connectivity index (χ2n) is 5.84. The van der Waals surface area contributed by atoms with Gasteiger partial charge in [-0.05, 0) is 44.0 Å². The monoisotopic (exact) mass is 458 g/mol. The minimum Gasteiger partial charge on any atom is -0.450 e. The van der Waals surface area contributed by atoms with Gasteiger partial charge in [-0.2, -0.15) is 0 Å². The smallest absolute Gasteiger partial charge is 0.450 e. The molecule has 174 valence electrons. The van der Waals surface area contributed by atoms with Crippen molar-refractivity contribution in [1.82, 2.24) is 0 Å². The summed E-state index contributed by atoms with van der Waals surface area (Å²) in [5, 5.41) is 12.1. The number of methoxy groups -OCH3 is 1. The highest BCUT2D eigenvalue weighted by Crippen LogP contribution is 2.17. The predicted molar refractivity (Wildman–Crippen MR) is 114 cm³/mol. The van der Waals surface area contributed by atoms with Gasteiger partial charge in [0.2, 0.25) is 0 Å². The quantitative estimate of drug-likeness (QED) is 0.521. The third kappa shape index (κ3) is 10.9. The summed E-state index contributed by atoms with van der Waals surface area (Å²) in [5.41, 5.74) is 1.57. The van der Waals surface area contributed by atoms with Crippen molar-refractivity contribution in [2.24, 2.45) is 20.5 Å². The van der Waals surface area contributed by atoms with Crippen LogP contribution in [0, 0.1) is 13.8 Å². The van der Waals surface area contributed by atoms with E-state index in [1.54, 1.807) is 57.2 Å². The third-order valence-corrected chi connectivity index (χ3v) is 3.45. The first-order valence-corrected chi connectivity index (χ1v) is 9.39. The van der Waals surface area contributed by atoms with E-state index in [1.807, 2.05) is 12.1 Å². The molecule has 4 amide bonds. The molecule has 0 saturated heterocycles. The van der Waals surface area contributed by atoms with Crippen molar-refractivity contribution in [3.8, 4) is 11.5 Å². The zero-order valence-electron chi connectivity index (χ0n) is 18.4. The van der Waals surface area contributed by atoms with Gasteiger partial charge in [-0.3, -0.25) is 0 Å². The van der Waals surface area contributed by atoms with Crippen LogP contribution in [0.3, 0.4) is 0 Å². The summed E-state index contributed by atoms with van der Waals surface area (Å²) in [7, 11) is 1.13. The van der Waals surface area contributed by atoms with Gasteiger partial charge in [-0.15, -0.1) is 0 Å². The molecular weight excluding hydrogens is 436 g/mol. The van der Waals surface area contributed by atoms with Crippen LogP contribution >= 0.6 is 0 Å². The van der Waals surface area contributed by atoms with Crippen molar-refractivity contribution in [2.45, 2.75) is 20.8 Å². The third-order valence-electron chi connectivity index (χ3n) is 3.45. The van der Waals surface area contributed by atoms with Crippen LogP contribution in [0.5, 0.6) is 11.5 Å². The van der Waals surface area contributed by atoms with E-state index in [9.17, 15) is 19.2 Å². The number of hydrogen-bond acceptors (Lipinski definition) is 8. The Morgan fingerprint density at radius 2 is 1.06 bits per heavy atom. The van der Waals surface area contributed by atoms with Gasteiger partial charge in [0.25, 0.3) is 0 Å². The highest BCUT2D eigenvalue weighted by Gasteiger charge is 2.07. The van der Waals surface area contributed by atoms with E-state index >= 15 is 0 Å². The molecule has 0 saturated carbocycles. The van der Waals surface area contributed by atoms with Crippen LogP contribution in [0.4, 0.5) is 19.2 Å². The van der Waals surface area contributed by atoms with Gasteiger partial charge in [-0.1, -0.05) is 56.9 Å². The summed E-state index contributed by atoms with van der Waals surface area (Å²) in [6.07, 6.45) is -3.82. The van der Waals surface area contributed by atoms with Crippen molar-refractivity contribution in [3.63, 3.8) is 0 Å². The lowest BCUT2D eigenvalue weighted by Gasteiger charge is -2.02. The predicted octanol–water partition coefficient (Wildman–Crippen LogP) is 5.81. The van der Waals surface area contributed by atoms with E-state index < -0.39 is 24.4 Å². The highest BCUT2D eigenvalue weighted by atomic mass is 16.6. The number of ether oxygens (including phenoxy) is 4. The van der Waals surface area contributed by atoms with Crippen LogP contribution in [0.2, 0.25) is 0 Å². The molecule has 2 aromatic carbocycles. The number of para-hydroxylation sites is 2. The maximum absolute atomic E-state index is 11.2. The summed E-state index contributed by atoms with van der Waals surface area (Å²) >= 11 is 0. The van der Waals surface area contributed by atoms with E-state index in [0.717, 1.165) is 18.2 Å². The molecule has 0 atom stereocenters. The molecule has 2 rings (SSSR count). The minimum absolute atomic E-state index is 0.171. The van der Waals surface area contributed by atoms with Gasteiger partial charge in [0.05, 0.1) is 13.7 Å². The van der Waals surface area contributed by atoms with Crippen LogP contribution in [0.1, 0.15) is 18.1 Å². The standard InChI is InChI=1S/C11H12N2O4.C10H10N2O4/c1-3-16-10(14)12-13-11(15)17-9-7-5-4-6-8(9)2;1-7-5-3-4-6-8(7)16-10(14)12-11-9(13)15-2/h4-7H,3H2,1-2H3;3-6H,1-2H3. The van der Waals surface area contributed by atoms with E-state index in [4.69, 9.17) is 9.47 Å². The molecule has 0 aliphatic rings. The SMILES string of the molecule is CCOC(=O)N=NC(=O)Oc1ccccc1C.COC(=O)N=NC(=O)Oc1ccccc1C. The van der Waals surface area contributed by atoms with E-state index in [-0.39, 0.29) is 6.61 Å². The fourth-order valence-electron chi connectivity index (χ4n) is 1.93. The fraction of sp³-hybridized carbons (Fsp3) is 0.238. The minimum atomic E-state index is -0.972. The summed E-state index contributed by atoms with van der Waals surface area (Å²) in [4.78, 5) is 43.6. The van der Waals surface area contributed by atoms with Crippen LogP contribution < -0.4 is 9.47 Å². The van der Waals surface area contributed by atoms with E-state index in [0.29, 0.717) is 11.5 Å². The Kier molecular flexibility index (Phi) is 11.7. The van der Waals surface area contributed by atoms with Gasteiger partial charge < -0.3 is 18.9 Å². The van der Waals surface area contributed by atoms with Crippen molar-refractivity contribution < 1.29 is 38.1 Å². The van der Waals surface area contributed by atoms with Crippen LogP contribution in [0.25, 0.3) is 0 Å². The van der Waals surface area contributed by atoms with Crippen LogP contribution in [-0.4, -0.2) is 38.1 Å². The Balaban J connectivity index is 0.000000331. The zero-order chi connectivity index (χ0) is 24.6. The number of amides is 4. The first-order chi connectivity index (χ1) is 15.8. The molecule has 12 nitrogen and oxygen atoms in total. The topological polar surface area (TPSA) is 155 Å². The van der Waals surface area contributed by atoms with E-state index in [2.05, 4.69) is 29.9 Å². The molecule has 0 aliphatic carbocycles. The number of carbonyl (C=O) groups excluding carboxylic acids is 4. The first-order valence-electron chi connectivity index (χ1n) is 9.39. The Hall–Kier alpha value is -4.48. The highest BCUT2D eigenvalue weighted by molar-refractivity contribution is 5.75. The molecule has 33 heavy (non-hydrogen) atoms. The van der Waals surface area contributed by atoms with Crippen LogP contribution in [-0.2, 0) is 9.47 Å². The number of hydrogen-bond donors (Lipinski definition) is 0. The van der Waals surface area contributed by atoms with Crippen molar-refractivity contribution >= 4 is 24.4 Å². The molecule has 0 spiro atoms. The Morgan fingerprint density at radius 3 is 1.45 bits per heavy atom. The number of aryl methyl sites for hydroxylation is 2. The molecule has 0 radical (unpaired) electrons. The lowest BCUT2D eigenvalue weighted by atomic mass is 10.2. The Bertz CT molecular complexity index is 1040. The molecule has 0 aromatic heterocycles. The number of rotatable bonds is 3. The summed E-state index contributed by atoms with van der Waals surface area (Å²) in [6.45, 7) is 5.36. The van der Waals surface area contributed by atoms with Gasteiger partial charge in [0.15, 0.2) is 0 Å².